The van der Waals surface area contributed by atoms with Gasteiger partial charge in [-0.2, -0.15) is 0 Å². The topological polar surface area (TPSA) is 49.9 Å². The van der Waals surface area contributed by atoms with Crippen LogP contribution in [0.15, 0.2) is 54.9 Å². The number of aromatic amines is 1. The summed E-state index contributed by atoms with van der Waals surface area (Å²) >= 11 is 6.38. The summed E-state index contributed by atoms with van der Waals surface area (Å²) in [5.41, 5.74) is 5.88. The SMILES string of the molecule is Cc1c(Cl)cccc1C1=CC(c2c[nH]c3ncccc23)=CC(OC(C)(C)C)N1. The number of hydrogen-bond acceptors (Lipinski definition) is 3. The average Bonchev–Trinajstić information content (AvgIpc) is 3.06. The Morgan fingerprint density at radius 1 is 1.11 bits per heavy atom. The molecule has 144 valence electrons. The van der Waals surface area contributed by atoms with Crippen molar-refractivity contribution in [2.75, 3.05) is 0 Å². The standard InChI is InChI=1S/C23H24ClN3O/c1-14-16(7-5-9-19(14)24)20-11-15(12-21(27-20)28-23(2,3)4)18-13-26-22-17(18)8-6-10-25-22/h5-13,21,27H,1-4H3,(H,25,26). The van der Waals surface area contributed by atoms with Crippen LogP contribution in [0.25, 0.3) is 22.3 Å². The zero-order chi connectivity index (χ0) is 19.9. The van der Waals surface area contributed by atoms with E-state index in [4.69, 9.17) is 16.3 Å². The number of rotatable bonds is 3. The van der Waals surface area contributed by atoms with Gasteiger partial charge in [-0.25, -0.2) is 4.98 Å². The maximum atomic E-state index is 6.38. The molecule has 3 heterocycles. The zero-order valence-corrected chi connectivity index (χ0v) is 17.3. The highest BCUT2D eigenvalue weighted by Crippen LogP contribution is 2.33. The summed E-state index contributed by atoms with van der Waals surface area (Å²) in [5, 5.41) is 5.35. The Bertz CT molecular complexity index is 1090. The van der Waals surface area contributed by atoms with Crippen molar-refractivity contribution in [3.05, 3.63) is 76.6 Å². The molecule has 3 aromatic rings. The van der Waals surface area contributed by atoms with Crippen LogP contribution in [-0.2, 0) is 4.74 Å². The molecule has 28 heavy (non-hydrogen) atoms. The van der Waals surface area contributed by atoms with Crippen molar-refractivity contribution >= 4 is 33.9 Å². The number of nitrogens with one attached hydrogen (secondary N) is 2. The summed E-state index contributed by atoms with van der Waals surface area (Å²) in [7, 11) is 0. The minimum atomic E-state index is -0.285. The van der Waals surface area contributed by atoms with Gasteiger partial charge in [0.1, 0.15) is 11.9 Å². The van der Waals surface area contributed by atoms with Crippen molar-refractivity contribution in [1.82, 2.24) is 15.3 Å². The van der Waals surface area contributed by atoms with Gasteiger partial charge < -0.3 is 15.0 Å². The lowest BCUT2D eigenvalue weighted by Gasteiger charge is -2.31. The maximum Gasteiger partial charge on any atom is 0.148 e. The Hall–Kier alpha value is -2.56. The number of halogens is 1. The average molecular weight is 394 g/mol. The maximum absolute atomic E-state index is 6.38. The smallest absolute Gasteiger partial charge is 0.148 e. The number of hydrogen-bond donors (Lipinski definition) is 2. The van der Waals surface area contributed by atoms with Gasteiger partial charge in [0.25, 0.3) is 0 Å². The van der Waals surface area contributed by atoms with Crippen molar-refractivity contribution in [3.8, 4) is 0 Å². The van der Waals surface area contributed by atoms with E-state index in [9.17, 15) is 0 Å². The van der Waals surface area contributed by atoms with E-state index in [-0.39, 0.29) is 11.8 Å². The lowest BCUT2D eigenvalue weighted by molar-refractivity contribution is -0.0451. The van der Waals surface area contributed by atoms with Crippen LogP contribution in [0.2, 0.25) is 5.02 Å². The minimum absolute atomic E-state index is 0.255. The molecule has 1 aliphatic heterocycles. The Kier molecular flexibility index (Phi) is 4.77. The first-order valence-corrected chi connectivity index (χ1v) is 9.75. The quantitative estimate of drug-likeness (QED) is 0.600. The highest BCUT2D eigenvalue weighted by molar-refractivity contribution is 6.31. The van der Waals surface area contributed by atoms with E-state index in [1.54, 1.807) is 6.20 Å². The first-order valence-electron chi connectivity index (χ1n) is 9.38. The van der Waals surface area contributed by atoms with Gasteiger partial charge in [-0.05, 0) is 69.2 Å². The van der Waals surface area contributed by atoms with Crippen molar-refractivity contribution in [2.45, 2.75) is 39.5 Å². The monoisotopic (exact) mass is 393 g/mol. The molecular formula is C23H24ClN3O. The number of ether oxygens (including phenoxy) is 1. The molecule has 0 amide bonds. The van der Waals surface area contributed by atoms with E-state index in [2.05, 4.69) is 60.3 Å². The summed E-state index contributed by atoms with van der Waals surface area (Å²) in [5.74, 6) is 0. The van der Waals surface area contributed by atoms with Crippen LogP contribution in [0, 0.1) is 6.92 Å². The predicted molar refractivity (Wildman–Crippen MR) is 116 cm³/mol. The van der Waals surface area contributed by atoms with Crippen molar-refractivity contribution in [1.29, 1.82) is 0 Å². The Morgan fingerprint density at radius 2 is 1.93 bits per heavy atom. The summed E-state index contributed by atoms with van der Waals surface area (Å²) in [6, 6.07) is 9.99. The first kappa shape index (κ1) is 18.8. The van der Waals surface area contributed by atoms with E-state index in [0.717, 1.165) is 44.0 Å². The Labute approximate surface area is 170 Å². The first-order chi connectivity index (χ1) is 13.3. The van der Waals surface area contributed by atoms with Crippen molar-refractivity contribution in [3.63, 3.8) is 0 Å². The molecule has 0 saturated carbocycles. The van der Waals surface area contributed by atoms with Gasteiger partial charge in [-0.15, -0.1) is 0 Å². The van der Waals surface area contributed by atoms with Crippen molar-refractivity contribution < 1.29 is 4.74 Å². The number of allylic oxidation sites excluding steroid dienone is 2. The van der Waals surface area contributed by atoms with Gasteiger partial charge in [0.05, 0.1) is 5.60 Å². The normalized spacial score (nSPS) is 17.2. The Morgan fingerprint density at radius 3 is 2.71 bits per heavy atom. The number of dihydropyridines is 1. The fourth-order valence-corrected chi connectivity index (χ4v) is 3.64. The van der Waals surface area contributed by atoms with Gasteiger partial charge >= 0.3 is 0 Å². The molecule has 0 aliphatic carbocycles. The molecule has 0 fully saturated rings. The number of pyridine rings is 1. The van der Waals surface area contributed by atoms with Crippen LogP contribution < -0.4 is 5.32 Å². The second-order valence-electron chi connectivity index (χ2n) is 7.99. The zero-order valence-electron chi connectivity index (χ0n) is 16.5. The van der Waals surface area contributed by atoms with Crippen LogP contribution >= 0.6 is 11.6 Å². The number of aromatic nitrogens is 2. The van der Waals surface area contributed by atoms with Crippen LogP contribution in [0.5, 0.6) is 0 Å². The van der Waals surface area contributed by atoms with Crippen LogP contribution in [-0.4, -0.2) is 21.8 Å². The molecule has 0 spiro atoms. The lowest BCUT2D eigenvalue weighted by atomic mass is 9.97. The molecule has 4 rings (SSSR count). The molecule has 0 radical (unpaired) electrons. The largest absolute Gasteiger partial charge is 0.356 e. The molecule has 1 unspecified atom stereocenters. The molecular weight excluding hydrogens is 370 g/mol. The molecule has 2 aromatic heterocycles. The third-order valence-electron chi connectivity index (χ3n) is 4.73. The highest BCUT2D eigenvalue weighted by atomic mass is 35.5. The van der Waals surface area contributed by atoms with E-state index < -0.39 is 0 Å². The van der Waals surface area contributed by atoms with Gasteiger partial charge in [0, 0.05) is 39.6 Å². The van der Waals surface area contributed by atoms with Crippen LogP contribution in [0.1, 0.15) is 37.5 Å². The fraction of sp³-hybridized carbons (Fsp3) is 0.261. The summed E-state index contributed by atoms with van der Waals surface area (Å²) < 4.78 is 6.25. The second kappa shape index (κ2) is 7.12. The third-order valence-corrected chi connectivity index (χ3v) is 5.14. The summed E-state index contributed by atoms with van der Waals surface area (Å²) in [4.78, 5) is 7.67. The molecule has 0 bridgehead atoms. The third kappa shape index (κ3) is 3.71. The van der Waals surface area contributed by atoms with E-state index in [1.165, 1.54) is 0 Å². The minimum Gasteiger partial charge on any atom is -0.356 e. The van der Waals surface area contributed by atoms with E-state index >= 15 is 0 Å². The molecule has 4 nitrogen and oxygen atoms in total. The number of nitrogens with zero attached hydrogens (tertiary/aromatic N) is 1. The molecule has 1 aromatic carbocycles. The molecule has 0 saturated heterocycles. The Balaban J connectivity index is 1.83. The highest BCUT2D eigenvalue weighted by Gasteiger charge is 2.24. The van der Waals surface area contributed by atoms with E-state index in [1.807, 2.05) is 31.3 Å². The van der Waals surface area contributed by atoms with Gasteiger partial charge in [0.15, 0.2) is 0 Å². The molecule has 1 aliphatic rings. The van der Waals surface area contributed by atoms with Gasteiger partial charge in [-0.3, -0.25) is 0 Å². The lowest BCUT2D eigenvalue weighted by Crippen LogP contribution is -2.37. The van der Waals surface area contributed by atoms with Crippen molar-refractivity contribution in [2.24, 2.45) is 0 Å². The van der Waals surface area contributed by atoms with Gasteiger partial charge in [0.2, 0.25) is 0 Å². The predicted octanol–water partition coefficient (Wildman–Crippen LogP) is 5.69. The van der Waals surface area contributed by atoms with Gasteiger partial charge in [-0.1, -0.05) is 23.7 Å². The second-order valence-corrected chi connectivity index (χ2v) is 8.40. The number of fused-ring (bicyclic) bond motifs is 1. The number of H-pyrrole nitrogens is 1. The summed E-state index contributed by atoms with van der Waals surface area (Å²) in [6.45, 7) is 8.20. The van der Waals surface area contributed by atoms with E-state index in [0.29, 0.717) is 0 Å². The van der Waals surface area contributed by atoms with Crippen LogP contribution in [0.4, 0.5) is 0 Å². The molecule has 1 atom stereocenters. The summed E-state index contributed by atoms with van der Waals surface area (Å²) in [6.07, 6.45) is 7.81. The number of benzene rings is 1. The molecule has 5 heteroatoms. The molecule has 2 N–H and O–H groups in total. The van der Waals surface area contributed by atoms with Crippen LogP contribution in [0.3, 0.4) is 0 Å². The fourth-order valence-electron chi connectivity index (χ4n) is 3.46.